The first-order chi connectivity index (χ1) is 10.0. The number of thiophene rings is 1. The highest BCUT2D eigenvalue weighted by atomic mass is 32.1. The first-order valence-corrected chi connectivity index (χ1v) is 7.72. The third-order valence-electron chi connectivity index (χ3n) is 3.14. The first kappa shape index (κ1) is 13.8. The highest BCUT2D eigenvalue weighted by molar-refractivity contribution is 7.22. The summed E-state index contributed by atoms with van der Waals surface area (Å²) in [5.41, 5.74) is 2.98. The maximum absolute atomic E-state index is 12.2. The Labute approximate surface area is 126 Å². The second-order valence-corrected chi connectivity index (χ2v) is 6.46. The van der Waals surface area contributed by atoms with Gasteiger partial charge in [0.05, 0.1) is 5.52 Å². The van der Waals surface area contributed by atoms with Crippen molar-refractivity contribution in [3.8, 4) is 10.4 Å². The molecule has 108 valence electrons. The van der Waals surface area contributed by atoms with E-state index >= 15 is 0 Å². The van der Waals surface area contributed by atoms with Crippen molar-refractivity contribution in [1.82, 2.24) is 9.97 Å². The molecule has 0 saturated heterocycles. The summed E-state index contributed by atoms with van der Waals surface area (Å²) >= 11 is 1.48. The smallest absolute Gasteiger partial charge is 0.270 e. The van der Waals surface area contributed by atoms with E-state index in [0.29, 0.717) is 10.6 Å². The number of aryl methyl sites for hydroxylation is 1. The van der Waals surface area contributed by atoms with Gasteiger partial charge in [-0.15, -0.1) is 11.3 Å². The van der Waals surface area contributed by atoms with E-state index in [1.54, 1.807) is 0 Å². The van der Waals surface area contributed by atoms with Gasteiger partial charge < -0.3 is 5.32 Å². The summed E-state index contributed by atoms with van der Waals surface area (Å²) in [5, 5.41) is 3.13. The number of aromatic nitrogens is 2. The van der Waals surface area contributed by atoms with Crippen molar-refractivity contribution in [1.29, 1.82) is 0 Å². The van der Waals surface area contributed by atoms with Crippen molar-refractivity contribution >= 4 is 27.5 Å². The second-order valence-electron chi connectivity index (χ2n) is 5.40. The third-order valence-corrected chi connectivity index (χ3v) is 4.32. The third kappa shape index (κ3) is 2.83. The predicted octanol–water partition coefficient (Wildman–Crippen LogP) is 3.78. The number of aromatic amines is 1. The number of hydrogen-bond donors (Lipinski definition) is 2. The maximum atomic E-state index is 12.2. The summed E-state index contributed by atoms with van der Waals surface area (Å²) in [7, 11) is 0. The maximum Gasteiger partial charge on any atom is 0.270 e. The molecule has 0 unspecified atom stereocenters. The quantitative estimate of drug-likeness (QED) is 0.774. The minimum absolute atomic E-state index is 0.0912. The SMILES string of the molecule is Cc1ccc(-c2cc3nc(NC(C)C)[nH]c(=O)c3s2)cc1. The lowest BCUT2D eigenvalue weighted by atomic mass is 10.1. The van der Waals surface area contributed by atoms with Gasteiger partial charge in [-0.25, -0.2) is 4.98 Å². The van der Waals surface area contributed by atoms with Gasteiger partial charge in [-0.3, -0.25) is 9.78 Å². The van der Waals surface area contributed by atoms with Crippen LogP contribution in [0.25, 0.3) is 20.7 Å². The predicted molar refractivity (Wildman–Crippen MR) is 89.2 cm³/mol. The number of rotatable bonds is 3. The van der Waals surface area contributed by atoms with Crippen molar-refractivity contribution in [2.45, 2.75) is 26.8 Å². The number of fused-ring (bicyclic) bond motifs is 1. The standard InChI is InChI=1S/C16H17N3OS/c1-9(2)17-16-18-12-8-13(21-14(12)15(20)19-16)11-6-4-10(3)5-7-11/h4-9H,1-3H3,(H2,17,18,19,20). The summed E-state index contributed by atoms with van der Waals surface area (Å²) in [5.74, 6) is 0.524. The van der Waals surface area contributed by atoms with Crippen LogP contribution >= 0.6 is 11.3 Å². The number of hydrogen-bond acceptors (Lipinski definition) is 4. The fraction of sp³-hybridized carbons (Fsp3) is 0.250. The Morgan fingerprint density at radius 3 is 2.62 bits per heavy atom. The lowest BCUT2D eigenvalue weighted by Gasteiger charge is -2.07. The molecule has 0 atom stereocenters. The van der Waals surface area contributed by atoms with E-state index in [1.807, 2.05) is 19.9 Å². The highest BCUT2D eigenvalue weighted by Crippen LogP contribution is 2.31. The molecule has 0 aliphatic heterocycles. The molecule has 1 aromatic carbocycles. The molecule has 2 N–H and O–H groups in total. The van der Waals surface area contributed by atoms with Gasteiger partial charge in [0.1, 0.15) is 4.70 Å². The Kier molecular flexibility index (Phi) is 3.51. The van der Waals surface area contributed by atoms with Crippen LogP contribution in [0.2, 0.25) is 0 Å². The van der Waals surface area contributed by atoms with Gasteiger partial charge >= 0.3 is 0 Å². The molecule has 0 saturated carbocycles. The Bertz CT molecular complexity index is 831. The minimum atomic E-state index is -0.0912. The van der Waals surface area contributed by atoms with E-state index in [2.05, 4.69) is 46.5 Å². The van der Waals surface area contributed by atoms with Crippen LogP contribution < -0.4 is 10.9 Å². The molecule has 3 rings (SSSR count). The van der Waals surface area contributed by atoms with Crippen LogP contribution in [0.3, 0.4) is 0 Å². The van der Waals surface area contributed by atoms with Crippen molar-refractivity contribution in [3.05, 3.63) is 46.2 Å². The van der Waals surface area contributed by atoms with Crippen LogP contribution in [0.4, 0.5) is 5.95 Å². The molecule has 0 fully saturated rings. The molecule has 5 heteroatoms. The lowest BCUT2D eigenvalue weighted by molar-refractivity contribution is 0.875. The minimum Gasteiger partial charge on any atom is -0.354 e. The molecule has 3 aromatic rings. The number of H-pyrrole nitrogens is 1. The van der Waals surface area contributed by atoms with Crippen molar-refractivity contribution in [2.24, 2.45) is 0 Å². The fourth-order valence-electron chi connectivity index (χ4n) is 2.14. The van der Waals surface area contributed by atoms with Crippen LogP contribution in [-0.4, -0.2) is 16.0 Å². The number of nitrogens with zero attached hydrogens (tertiary/aromatic N) is 1. The van der Waals surface area contributed by atoms with Crippen molar-refractivity contribution in [2.75, 3.05) is 5.32 Å². The zero-order valence-electron chi connectivity index (χ0n) is 12.2. The van der Waals surface area contributed by atoms with Crippen LogP contribution in [0, 0.1) is 6.92 Å². The molecule has 2 aromatic heterocycles. The highest BCUT2D eigenvalue weighted by Gasteiger charge is 2.10. The molecule has 0 amide bonds. The van der Waals surface area contributed by atoms with E-state index in [4.69, 9.17) is 0 Å². The lowest BCUT2D eigenvalue weighted by Crippen LogP contribution is -2.16. The zero-order chi connectivity index (χ0) is 15.0. The fourth-order valence-corrected chi connectivity index (χ4v) is 3.14. The monoisotopic (exact) mass is 299 g/mol. The Morgan fingerprint density at radius 2 is 1.95 bits per heavy atom. The van der Waals surface area contributed by atoms with Gasteiger partial charge in [0.2, 0.25) is 5.95 Å². The van der Waals surface area contributed by atoms with E-state index in [1.165, 1.54) is 16.9 Å². The average Bonchev–Trinajstić information content (AvgIpc) is 2.83. The second kappa shape index (κ2) is 5.33. The molecular weight excluding hydrogens is 282 g/mol. The topological polar surface area (TPSA) is 57.8 Å². The molecule has 0 spiro atoms. The Hall–Kier alpha value is -2.14. The number of benzene rings is 1. The van der Waals surface area contributed by atoms with E-state index in [0.717, 1.165) is 16.0 Å². The summed E-state index contributed by atoms with van der Waals surface area (Å²) in [4.78, 5) is 20.5. The van der Waals surface area contributed by atoms with Gasteiger partial charge in [0.25, 0.3) is 5.56 Å². The number of anilines is 1. The van der Waals surface area contributed by atoms with Gasteiger partial charge in [-0.1, -0.05) is 29.8 Å². The van der Waals surface area contributed by atoms with Crippen LogP contribution in [0.1, 0.15) is 19.4 Å². The summed E-state index contributed by atoms with van der Waals surface area (Å²) in [6.07, 6.45) is 0. The summed E-state index contributed by atoms with van der Waals surface area (Å²) in [6.45, 7) is 6.08. The van der Waals surface area contributed by atoms with Crippen LogP contribution in [0.5, 0.6) is 0 Å². The molecular formula is C16H17N3OS. The zero-order valence-corrected chi connectivity index (χ0v) is 13.0. The van der Waals surface area contributed by atoms with Gasteiger partial charge in [-0.05, 0) is 32.4 Å². The van der Waals surface area contributed by atoms with Crippen LogP contribution in [-0.2, 0) is 0 Å². The average molecular weight is 299 g/mol. The summed E-state index contributed by atoms with van der Waals surface area (Å²) in [6, 6.07) is 10.5. The Morgan fingerprint density at radius 1 is 1.24 bits per heavy atom. The molecule has 4 nitrogen and oxygen atoms in total. The van der Waals surface area contributed by atoms with Gasteiger partial charge in [-0.2, -0.15) is 0 Å². The van der Waals surface area contributed by atoms with E-state index in [9.17, 15) is 4.79 Å². The molecule has 0 aliphatic carbocycles. The molecule has 0 aliphatic rings. The molecule has 0 radical (unpaired) electrons. The van der Waals surface area contributed by atoms with Crippen LogP contribution in [0.15, 0.2) is 35.1 Å². The van der Waals surface area contributed by atoms with Gasteiger partial charge in [0.15, 0.2) is 0 Å². The first-order valence-electron chi connectivity index (χ1n) is 6.90. The normalized spacial score (nSPS) is 11.2. The van der Waals surface area contributed by atoms with Crippen molar-refractivity contribution < 1.29 is 0 Å². The number of nitrogens with one attached hydrogen (secondary N) is 2. The molecule has 21 heavy (non-hydrogen) atoms. The summed E-state index contributed by atoms with van der Waals surface area (Å²) < 4.78 is 0.667. The molecule has 2 heterocycles. The molecule has 0 bridgehead atoms. The van der Waals surface area contributed by atoms with E-state index < -0.39 is 0 Å². The Balaban J connectivity index is 2.09. The largest absolute Gasteiger partial charge is 0.354 e. The van der Waals surface area contributed by atoms with Crippen molar-refractivity contribution in [3.63, 3.8) is 0 Å². The van der Waals surface area contributed by atoms with Gasteiger partial charge in [0, 0.05) is 10.9 Å². The van der Waals surface area contributed by atoms with E-state index in [-0.39, 0.29) is 11.6 Å².